The zero-order valence-corrected chi connectivity index (χ0v) is 7.88. The molecule has 0 aliphatic rings. The summed E-state index contributed by atoms with van der Waals surface area (Å²) in [6, 6.07) is 7.32. The molecular weight excluding hydrogens is 188 g/mol. The molecule has 0 atom stereocenters. The van der Waals surface area contributed by atoms with Crippen molar-refractivity contribution in [3.05, 3.63) is 34.9 Å². The highest BCUT2D eigenvalue weighted by atomic mass is 35.5. The first-order valence-electron chi connectivity index (χ1n) is 3.74. The Hall–Kier alpha value is -1.35. The molecule has 0 unspecified atom stereocenters. The molecule has 68 valence electrons. The van der Waals surface area contributed by atoms with Crippen molar-refractivity contribution in [1.82, 2.24) is 5.43 Å². The van der Waals surface area contributed by atoms with Gasteiger partial charge in [0.2, 0.25) is 6.41 Å². The minimum absolute atomic E-state index is 0.514. The second-order valence-electron chi connectivity index (χ2n) is 2.42. The summed E-state index contributed by atoms with van der Waals surface area (Å²) in [5.74, 6) is 0. The quantitative estimate of drug-likeness (QED) is 0.447. The molecule has 13 heavy (non-hydrogen) atoms. The first-order valence-corrected chi connectivity index (χ1v) is 4.12. The van der Waals surface area contributed by atoms with Crippen LogP contribution in [0.3, 0.4) is 0 Å². The van der Waals surface area contributed by atoms with Gasteiger partial charge in [-0.1, -0.05) is 29.8 Å². The largest absolute Gasteiger partial charge is 0.277 e. The lowest BCUT2D eigenvalue weighted by Crippen LogP contribution is -2.06. The molecular formula is C9H9ClN2O. The molecule has 0 heterocycles. The predicted molar refractivity (Wildman–Crippen MR) is 52.9 cm³/mol. The van der Waals surface area contributed by atoms with E-state index >= 15 is 0 Å². The van der Waals surface area contributed by atoms with Crippen LogP contribution >= 0.6 is 11.6 Å². The highest BCUT2D eigenvalue weighted by molar-refractivity contribution is 6.34. The molecule has 4 heteroatoms. The van der Waals surface area contributed by atoms with E-state index in [1.54, 1.807) is 13.0 Å². The van der Waals surface area contributed by atoms with Crippen LogP contribution in [0.5, 0.6) is 0 Å². The van der Waals surface area contributed by atoms with Gasteiger partial charge < -0.3 is 0 Å². The van der Waals surface area contributed by atoms with Gasteiger partial charge in [0.25, 0.3) is 0 Å². The van der Waals surface area contributed by atoms with E-state index in [1.807, 2.05) is 18.2 Å². The smallest absolute Gasteiger partial charge is 0.227 e. The van der Waals surface area contributed by atoms with Crippen molar-refractivity contribution < 1.29 is 4.79 Å². The number of hydrazone groups is 1. The number of rotatable bonds is 3. The number of hydrogen-bond donors (Lipinski definition) is 1. The Balaban J connectivity index is 2.94. The topological polar surface area (TPSA) is 41.5 Å². The van der Waals surface area contributed by atoms with Crippen LogP contribution in [0.25, 0.3) is 0 Å². The number of carbonyl (C=O) groups is 1. The fraction of sp³-hybridized carbons (Fsp3) is 0.111. The summed E-state index contributed by atoms with van der Waals surface area (Å²) in [6.07, 6.45) is 0.514. The number of nitrogens with zero attached hydrogens (tertiary/aromatic N) is 1. The van der Waals surface area contributed by atoms with E-state index < -0.39 is 0 Å². The van der Waals surface area contributed by atoms with Gasteiger partial charge in [-0.3, -0.25) is 4.79 Å². The van der Waals surface area contributed by atoms with E-state index in [9.17, 15) is 4.79 Å². The molecule has 0 saturated carbocycles. The lowest BCUT2D eigenvalue weighted by molar-refractivity contribution is -0.109. The van der Waals surface area contributed by atoms with Crippen LogP contribution in [0, 0.1) is 0 Å². The molecule has 0 aliphatic heterocycles. The second-order valence-corrected chi connectivity index (χ2v) is 2.83. The summed E-state index contributed by atoms with van der Waals surface area (Å²) in [6.45, 7) is 1.78. The van der Waals surface area contributed by atoms with E-state index in [4.69, 9.17) is 11.6 Å². The molecule has 1 aromatic rings. The van der Waals surface area contributed by atoms with Crippen molar-refractivity contribution >= 4 is 23.7 Å². The SMILES string of the molecule is CC(=NNC=O)c1ccccc1Cl. The van der Waals surface area contributed by atoms with Crippen LogP contribution in [-0.4, -0.2) is 12.1 Å². The van der Waals surface area contributed by atoms with Gasteiger partial charge in [-0.2, -0.15) is 5.10 Å². The molecule has 1 aromatic carbocycles. The molecule has 0 fully saturated rings. The summed E-state index contributed by atoms with van der Waals surface area (Å²) >= 11 is 5.90. The molecule has 0 spiro atoms. The van der Waals surface area contributed by atoms with E-state index in [1.165, 1.54) is 0 Å². The highest BCUT2D eigenvalue weighted by Gasteiger charge is 2.01. The van der Waals surface area contributed by atoms with Crippen molar-refractivity contribution in [2.24, 2.45) is 5.10 Å². The molecule has 0 aliphatic carbocycles. The molecule has 0 saturated heterocycles. The second kappa shape index (κ2) is 4.62. The molecule has 1 amide bonds. The highest BCUT2D eigenvalue weighted by Crippen LogP contribution is 2.15. The van der Waals surface area contributed by atoms with Gasteiger partial charge in [0.05, 0.1) is 5.71 Å². The Kier molecular flexibility index (Phi) is 3.46. The van der Waals surface area contributed by atoms with Gasteiger partial charge in [-0.15, -0.1) is 0 Å². The van der Waals surface area contributed by atoms with Crippen LogP contribution in [0.2, 0.25) is 5.02 Å². The molecule has 0 radical (unpaired) electrons. The van der Waals surface area contributed by atoms with Gasteiger partial charge in [-0.05, 0) is 13.0 Å². The minimum Gasteiger partial charge on any atom is -0.277 e. The zero-order valence-electron chi connectivity index (χ0n) is 7.12. The average Bonchev–Trinajstić information content (AvgIpc) is 2.15. The Morgan fingerprint density at radius 2 is 2.23 bits per heavy atom. The maximum Gasteiger partial charge on any atom is 0.227 e. The fourth-order valence-corrected chi connectivity index (χ4v) is 1.21. The van der Waals surface area contributed by atoms with Crippen molar-refractivity contribution in [1.29, 1.82) is 0 Å². The number of halogens is 1. The number of benzene rings is 1. The van der Waals surface area contributed by atoms with Gasteiger partial charge in [0, 0.05) is 10.6 Å². The number of amides is 1. The Labute approximate surface area is 81.4 Å². The van der Waals surface area contributed by atoms with Crippen LogP contribution < -0.4 is 5.43 Å². The third kappa shape index (κ3) is 2.56. The van der Waals surface area contributed by atoms with Crippen molar-refractivity contribution in [3.63, 3.8) is 0 Å². The number of nitrogens with one attached hydrogen (secondary N) is 1. The first kappa shape index (κ1) is 9.74. The summed E-state index contributed by atoms with van der Waals surface area (Å²) in [4.78, 5) is 9.97. The number of hydrogen-bond acceptors (Lipinski definition) is 2. The van der Waals surface area contributed by atoms with E-state index in [0.717, 1.165) is 5.56 Å². The lowest BCUT2D eigenvalue weighted by Gasteiger charge is -2.01. The predicted octanol–water partition coefficient (Wildman–Crippen LogP) is 1.81. The summed E-state index contributed by atoms with van der Waals surface area (Å²) < 4.78 is 0. The van der Waals surface area contributed by atoms with E-state index in [-0.39, 0.29) is 0 Å². The van der Waals surface area contributed by atoms with E-state index in [2.05, 4.69) is 10.5 Å². The summed E-state index contributed by atoms with van der Waals surface area (Å²) in [5, 5.41) is 4.41. The molecule has 3 nitrogen and oxygen atoms in total. The maximum absolute atomic E-state index is 9.97. The lowest BCUT2D eigenvalue weighted by atomic mass is 10.1. The standard InChI is InChI=1S/C9H9ClN2O/c1-7(12-11-6-13)8-4-2-3-5-9(8)10/h2-6H,1H3,(H,11,13). The van der Waals surface area contributed by atoms with Crippen LogP contribution in [0.4, 0.5) is 0 Å². The first-order chi connectivity index (χ1) is 6.25. The van der Waals surface area contributed by atoms with Crippen molar-refractivity contribution in [2.75, 3.05) is 0 Å². The number of carbonyl (C=O) groups excluding carboxylic acids is 1. The summed E-state index contributed by atoms with van der Waals surface area (Å²) in [5.41, 5.74) is 3.72. The van der Waals surface area contributed by atoms with Gasteiger partial charge >= 0.3 is 0 Å². The zero-order chi connectivity index (χ0) is 9.68. The average molecular weight is 197 g/mol. The van der Waals surface area contributed by atoms with Crippen molar-refractivity contribution in [2.45, 2.75) is 6.92 Å². The molecule has 1 rings (SSSR count). The molecule has 1 N–H and O–H groups in total. The normalized spacial score (nSPS) is 11.1. The maximum atomic E-state index is 9.97. The van der Waals surface area contributed by atoms with Gasteiger partial charge in [0.15, 0.2) is 0 Å². The van der Waals surface area contributed by atoms with Gasteiger partial charge in [0.1, 0.15) is 0 Å². The van der Waals surface area contributed by atoms with E-state index in [0.29, 0.717) is 17.1 Å². The fourth-order valence-electron chi connectivity index (χ4n) is 0.938. The van der Waals surface area contributed by atoms with Crippen LogP contribution in [0.1, 0.15) is 12.5 Å². The van der Waals surface area contributed by atoms with Crippen LogP contribution in [-0.2, 0) is 4.79 Å². The molecule has 0 bridgehead atoms. The summed E-state index contributed by atoms with van der Waals surface area (Å²) in [7, 11) is 0. The van der Waals surface area contributed by atoms with Crippen molar-refractivity contribution in [3.8, 4) is 0 Å². The Morgan fingerprint density at radius 1 is 1.54 bits per heavy atom. The third-order valence-electron chi connectivity index (χ3n) is 1.55. The Bertz CT molecular complexity index is 336. The monoisotopic (exact) mass is 196 g/mol. The van der Waals surface area contributed by atoms with Gasteiger partial charge in [-0.25, -0.2) is 5.43 Å². The third-order valence-corrected chi connectivity index (χ3v) is 1.88. The van der Waals surface area contributed by atoms with Crippen LogP contribution in [0.15, 0.2) is 29.4 Å². The molecule has 0 aromatic heterocycles. The minimum atomic E-state index is 0.514. The Morgan fingerprint density at radius 3 is 2.85 bits per heavy atom.